The molecule has 0 aromatic rings. The second-order valence-electron chi connectivity index (χ2n) is 4.65. The molecule has 1 N–H and O–H groups in total. The van der Waals surface area contributed by atoms with Gasteiger partial charge < -0.3 is 5.21 Å². The van der Waals surface area contributed by atoms with Gasteiger partial charge in [0.15, 0.2) is 0 Å². The molecule has 0 aromatic carbocycles. The minimum absolute atomic E-state index is 0. The highest BCUT2D eigenvalue weighted by Gasteiger charge is 2.29. The number of hydroxylamine groups is 2. The zero-order chi connectivity index (χ0) is 8.58. The summed E-state index contributed by atoms with van der Waals surface area (Å²) in [6.07, 6.45) is 0. The van der Waals surface area contributed by atoms with E-state index in [2.05, 4.69) is 0 Å². The van der Waals surface area contributed by atoms with Crippen molar-refractivity contribution in [2.75, 3.05) is 0 Å². The van der Waals surface area contributed by atoms with Crippen LogP contribution in [-0.2, 0) is 0 Å². The highest BCUT2D eigenvalue weighted by atomic mass is 35.5. The van der Waals surface area contributed by atoms with Crippen molar-refractivity contribution in [2.45, 2.75) is 52.6 Å². The molecular weight excluding hydrogens is 162 g/mol. The third-order valence-electron chi connectivity index (χ3n) is 1.27. The van der Waals surface area contributed by atoms with Gasteiger partial charge in [-0.05, 0) is 41.5 Å². The van der Waals surface area contributed by atoms with Gasteiger partial charge in [-0.1, -0.05) is 0 Å². The van der Waals surface area contributed by atoms with Crippen LogP contribution in [0.1, 0.15) is 41.5 Å². The summed E-state index contributed by atoms with van der Waals surface area (Å²) in [6.45, 7) is 11.9. The third kappa shape index (κ3) is 4.62. The highest BCUT2D eigenvalue weighted by molar-refractivity contribution is 5.85. The van der Waals surface area contributed by atoms with Crippen molar-refractivity contribution in [2.24, 2.45) is 0 Å². The van der Waals surface area contributed by atoms with Crippen molar-refractivity contribution >= 4 is 12.4 Å². The summed E-state index contributed by atoms with van der Waals surface area (Å²) >= 11 is 0. The summed E-state index contributed by atoms with van der Waals surface area (Å²) in [7, 11) is 0. The van der Waals surface area contributed by atoms with E-state index in [1.165, 1.54) is 5.06 Å². The molecule has 0 spiro atoms. The number of nitrogens with zero attached hydrogens (tertiary/aromatic N) is 1. The van der Waals surface area contributed by atoms with Gasteiger partial charge in [-0.2, -0.15) is 5.06 Å². The topological polar surface area (TPSA) is 23.5 Å². The number of halogens is 1. The molecule has 0 atom stereocenters. The van der Waals surface area contributed by atoms with E-state index in [9.17, 15) is 5.21 Å². The van der Waals surface area contributed by atoms with Crippen molar-refractivity contribution in [1.29, 1.82) is 0 Å². The number of hydrogen-bond acceptors (Lipinski definition) is 2. The Hall–Kier alpha value is 0.210. The normalized spacial score (nSPS) is 13.1. The summed E-state index contributed by atoms with van der Waals surface area (Å²) in [6, 6.07) is 0. The molecule has 3 heteroatoms. The molecule has 70 valence electrons. The Balaban J connectivity index is 0. The van der Waals surface area contributed by atoms with E-state index in [1.807, 2.05) is 41.5 Å². The van der Waals surface area contributed by atoms with E-state index in [-0.39, 0.29) is 23.5 Å². The first-order chi connectivity index (χ1) is 4.15. The van der Waals surface area contributed by atoms with Crippen molar-refractivity contribution in [3.8, 4) is 0 Å². The van der Waals surface area contributed by atoms with Crippen molar-refractivity contribution in [3.05, 3.63) is 0 Å². The van der Waals surface area contributed by atoms with Crippen LogP contribution in [0.3, 0.4) is 0 Å². The predicted molar refractivity (Wildman–Crippen MR) is 50.4 cm³/mol. The van der Waals surface area contributed by atoms with Crippen LogP contribution in [-0.4, -0.2) is 21.3 Å². The molecule has 0 aliphatic rings. The van der Waals surface area contributed by atoms with Crippen LogP contribution in [0.25, 0.3) is 0 Å². The second kappa shape index (κ2) is 3.74. The first-order valence-corrected chi connectivity index (χ1v) is 3.65. The van der Waals surface area contributed by atoms with Gasteiger partial charge in [-0.25, -0.2) is 0 Å². The lowest BCUT2D eigenvalue weighted by Gasteiger charge is -2.39. The Labute approximate surface area is 76.0 Å². The highest BCUT2D eigenvalue weighted by Crippen LogP contribution is 2.20. The van der Waals surface area contributed by atoms with Crippen molar-refractivity contribution < 1.29 is 5.21 Å². The van der Waals surface area contributed by atoms with Crippen LogP contribution in [0.15, 0.2) is 0 Å². The van der Waals surface area contributed by atoms with Gasteiger partial charge in [-0.3, -0.25) is 0 Å². The van der Waals surface area contributed by atoms with E-state index < -0.39 is 0 Å². The lowest BCUT2D eigenvalue weighted by atomic mass is 10.0. The van der Waals surface area contributed by atoms with Gasteiger partial charge >= 0.3 is 0 Å². The van der Waals surface area contributed by atoms with E-state index in [0.717, 1.165) is 0 Å². The zero-order valence-corrected chi connectivity index (χ0v) is 9.12. The summed E-state index contributed by atoms with van der Waals surface area (Å²) in [5, 5.41) is 10.9. The molecule has 0 saturated carbocycles. The maximum Gasteiger partial charge on any atom is 0.0382 e. The molecule has 11 heavy (non-hydrogen) atoms. The van der Waals surface area contributed by atoms with Gasteiger partial charge in [-0.15, -0.1) is 12.4 Å². The Bertz CT molecular complexity index is 98.2. The molecule has 0 rings (SSSR count). The number of hydrogen-bond donors (Lipinski definition) is 1. The second-order valence-corrected chi connectivity index (χ2v) is 4.65. The molecule has 0 amide bonds. The Morgan fingerprint density at radius 1 is 0.818 bits per heavy atom. The first-order valence-electron chi connectivity index (χ1n) is 3.65. The summed E-state index contributed by atoms with van der Waals surface area (Å²) < 4.78 is 0. The van der Waals surface area contributed by atoms with Crippen LogP contribution < -0.4 is 0 Å². The van der Waals surface area contributed by atoms with Crippen LogP contribution >= 0.6 is 12.4 Å². The molecule has 0 fully saturated rings. The molecule has 0 bridgehead atoms. The summed E-state index contributed by atoms with van der Waals surface area (Å²) in [5.74, 6) is 0. The Morgan fingerprint density at radius 2 is 1.00 bits per heavy atom. The summed E-state index contributed by atoms with van der Waals surface area (Å²) in [5.41, 5.74) is -0.337. The average Bonchev–Trinajstić information content (AvgIpc) is 1.59. The molecule has 0 heterocycles. The smallest absolute Gasteiger partial charge is 0.0382 e. The lowest BCUT2D eigenvalue weighted by Crippen LogP contribution is -2.50. The van der Waals surface area contributed by atoms with Gasteiger partial charge in [0, 0.05) is 11.1 Å². The minimum atomic E-state index is -0.168. The SMILES string of the molecule is CC(C)(C)N(O)C(C)(C)C.Cl. The Kier molecular flexibility index (Phi) is 4.69. The van der Waals surface area contributed by atoms with Crippen molar-refractivity contribution in [1.82, 2.24) is 5.06 Å². The average molecular weight is 182 g/mol. The van der Waals surface area contributed by atoms with Crippen LogP contribution in [0.5, 0.6) is 0 Å². The Morgan fingerprint density at radius 3 is 1.00 bits per heavy atom. The molecule has 0 saturated heterocycles. The van der Waals surface area contributed by atoms with Gasteiger partial charge in [0.2, 0.25) is 0 Å². The molecular formula is C8H20ClNO. The molecule has 0 aliphatic heterocycles. The number of rotatable bonds is 0. The lowest BCUT2D eigenvalue weighted by molar-refractivity contribution is -0.212. The van der Waals surface area contributed by atoms with Crippen molar-refractivity contribution in [3.63, 3.8) is 0 Å². The van der Waals surface area contributed by atoms with E-state index >= 15 is 0 Å². The molecule has 0 radical (unpaired) electrons. The first kappa shape index (κ1) is 13.8. The fraction of sp³-hybridized carbons (Fsp3) is 1.00. The molecule has 0 aliphatic carbocycles. The molecule has 2 nitrogen and oxygen atoms in total. The van der Waals surface area contributed by atoms with Gasteiger partial charge in [0.1, 0.15) is 0 Å². The van der Waals surface area contributed by atoms with E-state index in [1.54, 1.807) is 0 Å². The van der Waals surface area contributed by atoms with E-state index in [4.69, 9.17) is 0 Å². The monoisotopic (exact) mass is 181 g/mol. The largest absolute Gasteiger partial charge is 0.313 e. The third-order valence-corrected chi connectivity index (χ3v) is 1.27. The predicted octanol–water partition coefficient (Wildman–Crippen LogP) is 2.70. The fourth-order valence-corrected chi connectivity index (χ4v) is 1.01. The van der Waals surface area contributed by atoms with Crippen LogP contribution in [0, 0.1) is 0 Å². The van der Waals surface area contributed by atoms with Crippen LogP contribution in [0.4, 0.5) is 0 Å². The van der Waals surface area contributed by atoms with E-state index in [0.29, 0.717) is 0 Å². The van der Waals surface area contributed by atoms with Gasteiger partial charge in [0.25, 0.3) is 0 Å². The minimum Gasteiger partial charge on any atom is -0.313 e. The molecule has 0 aromatic heterocycles. The molecule has 0 unspecified atom stereocenters. The zero-order valence-electron chi connectivity index (χ0n) is 8.30. The fourth-order valence-electron chi connectivity index (χ4n) is 1.01. The maximum absolute atomic E-state index is 9.56. The summed E-state index contributed by atoms with van der Waals surface area (Å²) in [4.78, 5) is 0. The van der Waals surface area contributed by atoms with Crippen LogP contribution in [0.2, 0.25) is 0 Å². The quantitative estimate of drug-likeness (QED) is 0.581. The standard InChI is InChI=1S/C8H19NO.ClH/c1-7(2,3)9(10)8(4,5)6;/h10H,1-6H3;1H. The maximum atomic E-state index is 9.56. The van der Waals surface area contributed by atoms with Gasteiger partial charge in [0.05, 0.1) is 0 Å².